The van der Waals surface area contributed by atoms with Crippen LogP contribution in [0.5, 0.6) is 0 Å². The van der Waals surface area contributed by atoms with Crippen LogP contribution in [0, 0.1) is 5.92 Å². The first-order valence-corrected chi connectivity index (χ1v) is 9.35. The maximum atomic E-state index is 11.9. The zero-order valence-corrected chi connectivity index (χ0v) is 16.6. The lowest BCUT2D eigenvalue weighted by molar-refractivity contribution is -0.116. The second kappa shape index (κ2) is 7.57. The van der Waals surface area contributed by atoms with Gasteiger partial charge in [-0.25, -0.2) is 14.8 Å². The van der Waals surface area contributed by atoms with Crippen molar-refractivity contribution < 1.29 is 14.7 Å². The number of carboxylic acid groups (broad SMARTS) is 1. The first-order chi connectivity index (χ1) is 13.2. The molecule has 2 N–H and O–H groups in total. The number of carbonyl (C=O) groups is 2. The number of carbonyl (C=O) groups excluding carboxylic acids is 1. The van der Waals surface area contributed by atoms with Gasteiger partial charge in [-0.1, -0.05) is 0 Å². The zero-order valence-electron chi connectivity index (χ0n) is 16.6. The quantitative estimate of drug-likeness (QED) is 0.788. The summed E-state index contributed by atoms with van der Waals surface area (Å²) in [6.45, 7) is 7.26. The van der Waals surface area contributed by atoms with E-state index in [2.05, 4.69) is 20.4 Å². The Morgan fingerprint density at radius 2 is 2.04 bits per heavy atom. The van der Waals surface area contributed by atoms with E-state index in [0.29, 0.717) is 29.7 Å². The van der Waals surface area contributed by atoms with Crippen LogP contribution in [0.15, 0.2) is 24.7 Å². The molecule has 0 spiro atoms. The van der Waals surface area contributed by atoms with Crippen LogP contribution in [0.4, 0.5) is 10.5 Å². The van der Waals surface area contributed by atoms with Crippen LogP contribution < -0.4 is 5.32 Å². The van der Waals surface area contributed by atoms with Gasteiger partial charge in [-0.15, -0.1) is 0 Å². The van der Waals surface area contributed by atoms with Gasteiger partial charge in [0, 0.05) is 12.0 Å². The van der Waals surface area contributed by atoms with Gasteiger partial charge < -0.3 is 10.4 Å². The zero-order chi connectivity index (χ0) is 20.5. The third-order valence-corrected chi connectivity index (χ3v) is 4.68. The highest BCUT2D eigenvalue weighted by Gasteiger charge is 2.34. The minimum Gasteiger partial charge on any atom is -0.465 e. The Bertz CT molecular complexity index is 851. The number of pyridine rings is 1. The molecule has 1 fully saturated rings. The lowest BCUT2D eigenvalue weighted by Crippen LogP contribution is -2.47. The van der Waals surface area contributed by atoms with Crippen molar-refractivity contribution in [1.29, 1.82) is 0 Å². The second-order valence-corrected chi connectivity index (χ2v) is 8.13. The van der Waals surface area contributed by atoms with Crippen LogP contribution in [-0.4, -0.2) is 47.3 Å². The van der Waals surface area contributed by atoms with E-state index < -0.39 is 17.7 Å². The summed E-state index contributed by atoms with van der Waals surface area (Å²) in [6.07, 6.45) is 4.71. The second-order valence-electron chi connectivity index (χ2n) is 8.13. The van der Waals surface area contributed by atoms with Gasteiger partial charge >= 0.3 is 6.09 Å². The smallest absolute Gasteiger partial charge is 0.408 e. The molecule has 2 aromatic heterocycles. The topological polar surface area (TPSA) is 113 Å². The molecule has 28 heavy (non-hydrogen) atoms. The molecule has 1 saturated carbocycles. The predicted octanol–water partition coefficient (Wildman–Crippen LogP) is 3.24. The van der Waals surface area contributed by atoms with E-state index in [4.69, 9.17) is 0 Å². The Balaban J connectivity index is 1.78. The minimum absolute atomic E-state index is 0.00519. The summed E-state index contributed by atoms with van der Waals surface area (Å²) in [7, 11) is 0. The fraction of sp³-hybridized carbons (Fsp3) is 0.526. The van der Waals surface area contributed by atoms with E-state index in [-0.39, 0.29) is 5.91 Å². The van der Waals surface area contributed by atoms with Gasteiger partial charge in [-0.3, -0.25) is 9.69 Å². The summed E-state index contributed by atoms with van der Waals surface area (Å²) in [6, 6.07) is 2.95. The molecule has 0 radical (unpaired) electrons. The monoisotopic (exact) mass is 386 g/mol. The van der Waals surface area contributed by atoms with Crippen molar-refractivity contribution in [2.45, 2.75) is 58.5 Å². The number of nitrogens with zero attached hydrogens (tertiary/aromatic N) is 5. The molecule has 150 valence electrons. The summed E-state index contributed by atoms with van der Waals surface area (Å²) in [5, 5.41) is 16.7. The van der Waals surface area contributed by atoms with Crippen LogP contribution in [0.2, 0.25) is 0 Å². The van der Waals surface area contributed by atoms with E-state index in [1.165, 1.54) is 15.9 Å². The Labute approximate surface area is 163 Å². The minimum atomic E-state index is -1.03. The maximum Gasteiger partial charge on any atom is 0.408 e. The van der Waals surface area contributed by atoms with E-state index in [9.17, 15) is 14.7 Å². The van der Waals surface area contributed by atoms with Crippen LogP contribution in [0.25, 0.3) is 5.82 Å². The molecule has 0 bridgehead atoms. The molecular weight excluding hydrogens is 360 g/mol. The van der Waals surface area contributed by atoms with Crippen LogP contribution in [0.3, 0.4) is 0 Å². The Kier molecular flexibility index (Phi) is 5.35. The van der Waals surface area contributed by atoms with E-state index in [0.717, 1.165) is 12.8 Å². The molecule has 3 rings (SSSR count). The SMILES string of the molecule is CC(c1ncnn1-c1ccc(NC(=O)CC2CC2)cn1)N(C(=O)O)C(C)(C)C. The molecule has 9 heteroatoms. The molecule has 2 aromatic rings. The number of anilines is 1. The molecular formula is C19H26N6O3. The Morgan fingerprint density at radius 3 is 2.57 bits per heavy atom. The van der Waals surface area contributed by atoms with Crippen molar-refractivity contribution in [3.8, 4) is 5.82 Å². The van der Waals surface area contributed by atoms with Gasteiger partial charge in [0.05, 0.1) is 17.9 Å². The largest absolute Gasteiger partial charge is 0.465 e. The summed E-state index contributed by atoms with van der Waals surface area (Å²) in [5.41, 5.74) is 0.0106. The highest BCUT2D eigenvalue weighted by molar-refractivity contribution is 5.90. The van der Waals surface area contributed by atoms with Crippen molar-refractivity contribution in [3.63, 3.8) is 0 Å². The first-order valence-electron chi connectivity index (χ1n) is 9.35. The summed E-state index contributed by atoms with van der Waals surface area (Å²) < 4.78 is 1.52. The number of hydrogen-bond acceptors (Lipinski definition) is 5. The molecule has 1 atom stereocenters. The average Bonchev–Trinajstić information content (AvgIpc) is 3.25. The standard InChI is InChI=1S/C19H26N6O3/c1-12(24(18(27)28)19(2,3)4)17-21-11-22-25(17)15-8-7-14(10-20-15)23-16(26)9-13-5-6-13/h7-8,10-13H,5-6,9H2,1-4H3,(H,23,26)(H,27,28). The predicted molar refractivity (Wildman–Crippen MR) is 103 cm³/mol. The van der Waals surface area contributed by atoms with E-state index in [1.807, 2.05) is 20.8 Å². The number of amides is 2. The van der Waals surface area contributed by atoms with Gasteiger partial charge in [0.15, 0.2) is 11.6 Å². The van der Waals surface area contributed by atoms with Crippen molar-refractivity contribution >= 4 is 17.7 Å². The van der Waals surface area contributed by atoms with Crippen molar-refractivity contribution in [3.05, 3.63) is 30.5 Å². The summed E-state index contributed by atoms with van der Waals surface area (Å²) >= 11 is 0. The van der Waals surface area contributed by atoms with Gasteiger partial charge in [-0.2, -0.15) is 9.78 Å². The van der Waals surface area contributed by atoms with Gasteiger partial charge in [0.1, 0.15) is 6.33 Å². The Hall–Kier alpha value is -2.97. The molecule has 0 aliphatic heterocycles. The first kappa shape index (κ1) is 19.8. The third kappa shape index (κ3) is 4.47. The molecule has 2 heterocycles. The molecule has 0 saturated heterocycles. The van der Waals surface area contributed by atoms with Crippen molar-refractivity contribution in [2.24, 2.45) is 5.92 Å². The van der Waals surface area contributed by atoms with Crippen molar-refractivity contribution in [2.75, 3.05) is 5.32 Å². The van der Waals surface area contributed by atoms with Crippen LogP contribution in [0.1, 0.15) is 58.8 Å². The maximum absolute atomic E-state index is 11.9. The highest BCUT2D eigenvalue weighted by atomic mass is 16.4. The molecule has 1 unspecified atom stereocenters. The normalized spacial score (nSPS) is 15.1. The summed E-state index contributed by atoms with van der Waals surface area (Å²) in [5.74, 6) is 1.48. The van der Waals surface area contributed by atoms with Gasteiger partial charge in [-0.05, 0) is 58.6 Å². The van der Waals surface area contributed by atoms with E-state index >= 15 is 0 Å². The summed E-state index contributed by atoms with van der Waals surface area (Å²) in [4.78, 5) is 33.6. The van der Waals surface area contributed by atoms with Crippen LogP contribution >= 0.6 is 0 Å². The fourth-order valence-electron chi connectivity index (χ4n) is 3.24. The molecule has 2 amide bonds. The third-order valence-electron chi connectivity index (χ3n) is 4.68. The average molecular weight is 386 g/mol. The van der Waals surface area contributed by atoms with E-state index in [1.54, 1.807) is 25.3 Å². The molecule has 1 aliphatic carbocycles. The lowest BCUT2D eigenvalue weighted by Gasteiger charge is -2.37. The molecule has 0 aromatic carbocycles. The molecule has 9 nitrogen and oxygen atoms in total. The van der Waals surface area contributed by atoms with Crippen LogP contribution in [-0.2, 0) is 4.79 Å². The number of hydrogen-bond donors (Lipinski definition) is 2. The Morgan fingerprint density at radius 1 is 1.32 bits per heavy atom. The number of aromatic nitrogens is 4. The van der Waals surface area contributed by atoms with Crippen molar-refractivity contribution in [1.82, 2.24) is 24.6 Å². The lowest BCUT2D eigenvalue weighted by atomic mass is 10.0. The fourth-order valence-corrected chi connectivity index (χ4v) is 3.24. The molecule has 1 aliphatic rings. The highest BCUT2D eigenvalue weighted by Crippen LogP contribution is 2.32. The number of rotatable bonds is 6. The van der Waals surface area contributed by atoms with Gasteiger partial charge in [0.25, 0.3) is 0 Å². The number of nitrogens with one attached hydrogen (secondary N) is 1. The van der Waals surface area contributed by atoms with Gasteiger partial charge in [0.2, 0.25) is 5.91 Å².